The fourth-order valence-electron chi connectivity index (χ4n) is 1.85. The Bertz CT molecular complexity index is 782. The van der Waals surface area contributed by atoms with E-state index in [2.05, 4.69) is 4.98 Å². The Kier molecular flexibility index (Phi) is 4.69. The molecule has 0 unspecified atom stereocenters. The fraction of sp³-hybridized carbons (Fsp3) is 0.0769. The monoisotopic (exact) mass is 366 g/mol. The third-order valence-corrected chi connectivity index (χ3v) is 3.45. The van der Waals surface area contributed by atoms with Crippen LogP contribution in [0.15, 0.2) is 24.3 Å². The minimum absolute atomic E-state index is 0.0675. The molecule has 5 nitrogen and oxygen atoms in total. The van der Waals surface area contributed by atoms with E-state index in [1.165, 1.54) is 12.1 Å². The summed E-state index contributed by atoms with van der Waals surface area (Å²) in [6, 6.07) is 3.75. The quantitative estimate of drug-likeness (QED) is 0.693. The minimum atomic E-state index is -4.67. The molecule has 1 heterocycles. The number of carbonyl (C=O) groups is 1. The van der Waals surface area contributed by atoms with Gasteiger partial charge in [0.15, 0.2) is 5.69 Å². The summed E-state index contributed by atoms with van der Waals surface area (Å²) < 4.78 is 38.3. The van der Waals surface area contributed by atoms with E-state index in [4.69, 9.17) is 33.5 Å². The predicted octanol–water partition coefficient (Wildman–Crippen LogP) is 4.57. The average molecular weight is 367 g/mol. The summed E-state index contributed by atoms with van der Waals surface area (Å²) in [4.78, 5) is 14.8. The lowest BCUT2D eigenvalue weighted by atomic mass is 10.0. The van der Waals surface area contributed by atoms with Crippen molar-refractivity contribution in [3.8, 4) is 11.3 Å². The van der Waals surface area contributed by atoms with Gasteiger partial charge in [0.2, 0.25) is 0 Å². The number of hydrogen-bond donors (Lipinski definition) is 3. The number of benzene rings is 1. The number of carboxylic acids is 1. The standard InChI is InChI=1S/C13H7Cl2F3N2O3/c14-6-1-2-8(19-11(6)12(21)22)10-7(15)3-5(13(16,17)18)4-9(10)20-23/h1-4,20,23H,(H,21,22). The highest BCUT2D eigenvalue weighted by atomic mass is 35.5. The summed E-state index contributed by atoms with van der Waals surface area (Å²) in [5.41, 5.74) is -0.520. The zero-order valence-corrected chi connectivity index (χ0v) is 12.5. The second-order valence-electron chi connectivity index (χ2n) is 4.32. The maximum atomic E-state index is 12.8. The first-order valence-electron chi connectivity index (χ1n) is 5.86. The van der Waals surface area contributed by atoms with Gasteiger partial charge in [0.05, 0.1) is 27.0 Å². The molecule has 0 aliphatic carbocycles. The average Bonchev–Trinajstić information content (AvgIpc) is 2.46. The van der Waals surface area contributed by atoms with Crippen LogP contribution in [-0.2, 0) is 6.18 Å². The number of carboxylic acid groups (broad SMARTS) is 1. The largest absolute Gasteiger partial charge is 0.476 e. The van der Waals surface area contributed by atoms with Crippen molar-refractivity contribution < 1.29 is 28.3 Å². The molecule has 0 aliphatic heterocycles. The molecule has 0 radical (unpaired) electrons. The van der Waals surface area contributed by atoms with E-state index in [9.17, 15) is 18.0 Å². The SMILES string of the molecule is O=C(O)c1nc(-c2c(Cl)cc(C(F)(F)F)cc2NO)ccc1Cl. The van der Waals surface area contributed by atoms with Crippen molar-refractivity contribution in [3.05, 3.63) is 45.6 Å². The molecule has 0 saturated heterocycles. The number of anilines is 1. The molecule has 3 N–H and O–H groups in total. The van der Waals surface area contributed by atoms with Gasteiger partial charge >= 0.3 is 12.1 Å². The molecule has 10 heteroatoms. The number of nitrogens with zero attached hydrogens (tertiary/aromatic N) is 1. The molecule has 122 valence electrons. The summed E-state index contributed by atoms with van der Waals surface area (Å²) in [5.74, 6) is -1.42. The Hall–Kier alpha value is -2.03. The van der Waals surface area contributed by atoms with Gasteiger partial charge in [-0.05, 0) is 24.3 Å². The van der Waals surface area contributed by atoms with Gasteiger partial charge in [0, 0.05) is 5.56 Å². The molecule has 0 spiro atoms. The molecule has 0 amide bonds. The second kappa shape index (κ2) is 6.23. The number of halogens is 5. The smallest absolute Gasteiger partial charge is 0.416 e. The van der Waals surface area contributed by atoms with Crippen molar-refractivity contribution >= 4 is 34.9 Å². The third kappa shape index (κ3) is 3.49. The highest BCUT2D eigenvalue weighted by Gasteiger charge is 2.32. The number of nitrogens with one attached hydrogen (secondary N) is 1. The fourth-order valence-corrected chi connectivity index (χ4v) is 2.35. The molecule has 0 bridgehead atoms. The number of hydrogen-bond acceptors (Lipinski definition) is 4. The van der Waals surface area contributed by atoms with Crippen LogP contribution in [0, 0.1) is 0 Å². The number of aromatic carboxylic acids is 1. The molecule has 1 aromatic heterocycles. The molecule has 0 fully saturated rings. The Morgan fingerprint density at radius 3 is 2.35 bits per heavy atom. The van der Waals surface area contributed by atoms with Crippen molar-refractivity contribution in [2.24, 2.45) is 0 Å². The van der Waals surface area contributed by atoms with Crippen LogP contribution in [-0.4, -0.2) is 21.3 Å². The van der Waals surface area contributed by atoms with Crippen LogP contribution in [0.5, 0.6) is 0 Å². The highest BCUT2D eigenvalue weighted by molar-refractivity contribution is 6.34. The lowest BCUT2D eigenvalue weighted by Gasteiger charge is -2.15. The summed E-state index contributed by atoms with van der Waals surface area (Å²) in [5, 5.41) is 17.5. The van der Waals surface area contributed by atoms with Gasteiger partial charge in [0.1, 0.15) is 0 Å². The van der Waals surface area contributed by atoms with Crippen LogP contribution < -0.4 is 5.48 Å². The number of alkyl halides is 3. The Morgan fingerprint density at radius 2 is 1.83 bits per heavy atom. The Balaban J connectivity index is 2.69. The van der Waals surface area contributed by atoms with Gasteiger partial charge in [-0.2, -0.15) is 13.2 Å². The molecule has 1 aromatic carbocycles. The highest BCUT2D eigenvalue weighted by Crippen LogP contribution is 2.40. The summed E-state index contributed by atoms with van der Waals surface area (Å²) in [6.07, 6.45) is -4.67. The van der Waals surface area contributed by atoms with Gasteiger partial charge in [-0.15, -0.1) is 0 Å². The molecule has 23 heavy (non-hydrogen) atoms. The van der Waals surface area contributed by atoms with Gasteiger partial charge in [-0.25, -0.2) is 9.78 Å². The van der Waals surface area contributed by atoms with Crippen LogP contribution in [0.3, 0.4) is 0 Å². The first kappa shape index (κ1) is 17.3. The van der Waals surface area contributed by atoms with Crippen LogP contribution in [0.4, 0.5) is 18.9 Å². The molecule has 0 saturated carbocycles. The summed E-state index contributed by atoms with van der Waals surface area (Å²) >= 11 is 11.5. The molecule has 0 atom stereocenters. The predicted molar refractivity (Wildman–Crippen MR) is 77.1 cm³/mol. The zero-order chi connectivity index (χ0) is 17.4. The van der Waals surface area contributed by atoms with E-state index in [-0.39, 0.29) is 27.0 Å². The van der Waals surface area contributed by atoms with Crippen LogP contribution >= 0.6 is 23.2 Å². The van der Waals surface area contributed by atoms with Crippen molar-refractivity contribution in [1.82, 2.24) is 4.98 Å². The molecular formula is C13H7Cl2F3N2O3. The topological polar surface area (TPSA) is 82.5 Å². The zero-order valence-electron chi connectivity index (χ0n) is 10.9. The lowest BCUT2D eigenvalue weighted by molar-refractivity contribution is -0.137. The van der Waals surface area contributed by atoms with E-state index in [0.717, 1.165) is 0 Å². The normalized spacial score (nSPS) is 11.4. The van der Waals surface area contributed by atoms with Crippen LogP contribution in [0.1, 0.15) is 16.1 Å². The molecule has 2 aromatic rings. The van der Waals surface area contributed by atoms with E-state index in [1.807, 2.05) is 0 Å². The number of rotatable bonds is 3. The summed E-state index contributed by atoms with van der Waals surface area (Å²) in [6.45, 7) is 0. The van der Waals surface area contributed by atoms with Gasteiger partial charge < -0.3 is 5.11 Å². The Morgan fingerprint density at radius 1 is 1.17 bits per heavy atom. The molecule has 2 rings (SSSR count). The van der Waals surface area contributed by atoms with E-state index < -0.39 is 23.4 Å². The second-order valence-corrected chi connectivity index (χ2v) is 5.14. The van der Waals surface area contributed by atoms with Gasteiger partial charge in [-0.3, -0.25) is 10.7 Å². The molecular weight excluding hydrogens is 360 g/mol. The maximum absolute atomic E-state index is 12.8. The van der Waals surface area contributed by atoms with Crippen LogP contribution in [0.25, 0.3) is 11.3 Å². The minimum Gasteiger partial charge on any atom is -0.476 e. The summed E-state index contributed by atoms with van der Waals surface area (Å²) in [7, 11) is 0. The van der Waals surface area contributed by atoms with Gasteiger partial charge in [-0.1, -0.05) is 23.2 Å². The lowest BCUT2D eigenvalue weighted by Crippen LogP contribution is -2.08. The van der Waals surface area contributed by atoms with Crippen molar-refractivity contribution in [3.63, 3.8) is 0 Å². The van der Waals surface area contributed by atoms with Crippen molar-refractivity contribution in [1.29, 1.82) is 0 Å². The Labute approximate surface area is 137 Å². The van der Waals surface area contributed by atoms with E-state index in [1.54, 1.807) is 5.48 Å². The molecule has 0 aliphatic rings. The number of aromatic nitrogens is 1. The first-order valence-corrected chi connectivity index (χ1v) is 6.61. The van der Waals surface area contributed by atoms with E-state index in [0.29, 0.717) is 12.1 Å². The van der Waals surface area contributed by atoms with Crippen LogP contribution in [0.2, 0.25) is 10.0 Å². The number of pyridine rings is 1. The maximum Gasteiger partial charge on any atom is 0.416 e. The van der Waals surface area contributed by atoms with Crippen molar-refractivity contribution in [2.75, 3.05) is 5.48 Å². The third-order valence-electron chi connectivity index (χ3n) is 2.84. The van der Waals surface area contributed by atoms with Crippen molar-refractivity contribution in [2.45, 2.75) is 6.18 Å². The van der Waals surface area contributed by atoms with E-state index >= 15 is 0 Å². The van der Waals surface area contributed by atoms with Gasteiger partial charge in [0.25, 0.3) is 0 Å². The first-order chi connectivity index (χ1) is 10.6.